The molecule has 9 nitrogen and oxygen atoms in total. The number of methoxy groups -OCH3 is 2. The third-order valence-electron chi connectivity index (χ3n) is 12.7. The number of benzene rings is 5. The van der Waals surface area contributed by atoms with E-state index in [0.29, 0.717) is 42.7 Å². The van der Waals surface area contributed by atoms with Crippen LogP contribution in [0.1, 0.15) is 71.0 Å². The first kappa shape index (κ1) is 37.4. The highest BCUT2D eigenvalue weighted by Gasteiger charge is 2.58. The summed E-state index contributed by atoms with van der Waals surface area (Å²) < 4.78 is 24.1. The minimum absolute atomic E-state index is 0.0239. The molecule has 0 bridgehead atoms. The number of esters is 2. The fourth-order valence-electron chi connectivity index (χ4n) is 10.4. The summed E-state index contributed by atoms with van der Waals surface area (Å²) in [6.07, 6.45) is 2.06. The molecule has 9 heteroatoms. The minimum atomic E-state index is -0.626. The Balaban J connectivity index is 1.33. The lowest BCUT2D eigenvalue weighted by Crippen LogP contribution is -2.57. The van der Waals surface area contributed by atoms with Crippen molar-refractivity contribution in [3.05, 3.63) is 130 Å². The summed E-state index contributed by atoms with van der Waals surface area (Å²) in [5.74, 6) is -0.358. The lowest BCUT2D eigenvalue weighted by molar-refractivity contribution is -0.162. The zero-order chi connectivity index (χ0) is 39.1. The van der Waals surface area contributed by atoms with Gasteiger partial charge in [-0.25, -0.2) is 0 Å². The Morgan fingerprint density at radius 2 is 1.48 bits per heavy atom. The van der Waals surface area contributed by atoms with Gasteiger partial charge in [-0.15, -0.1) is 0 Å². The van der Waals surface area contributed by atoms with Gasteiger partial charge in [0, 0.05) is 24.7 Å². The van der Waals surface area contributed by atoms with E-state index in [9.17, 15) is 24.9 Å². The van der Waals surface area contributed by atoms with Crippen molar-refractivity contribution in [3.8, 4) is 23.0 Å². The van der Waals surface area contributed by atoms with Gasteiger partial charge in [-0.2, -0.15) is 0 Å². The Hall–Kier alpha value is -5.54. The van der Waals surface area contributed by atoms with Gasteiger partial charge in [0.25, 0.3) is 0 Å². The molecule has 0 aliphatic heterocycles. The summed E-state index contributed by atoms with van der Waals surface area (Å²) in [5.41, 5.74) is 6.06. The van der Waals surface area contributed by atoms with Gasteiger partial charge in [0.2, 0.25) is 0 Å². The van der Waals surface area contributed by atoms with E-state index in [0.717, 1.165) is 50.6 Å². The molecule has 1 fully saturated rings. The molecule has 3 N–H and O–H groups in total. The lowest BCUT2D eigenvalue weighted by Gasteiger charge is -2.57. The number of aliphatic hydroxyl groups excluding tert-OH is 1. The van der Waals surface area contributed by atoms with Crippen molar-refractivity contribution >= 4 is 22.7 Å². The lowest BCUT2D eigenvalue weighted by atomic mass is 9.47. The van der Waals surface area contributed by atoms with Gasteiger partial charge >= 0.3 is 11.9 Å². The van der Waals surface area contributed by atoms with Crippen molar-refractivity contribution in [2.45, 2.75) is 82.0 Å². The van der Waals surface area contributed by atoms with Crippen LogP contribution in [-0.4, -0.2) is 53.7 Å². The molecule has 0 spiro atoms. The van der Waals surface area contributed by atoms with Crippen LogP contribution in [-0.2, 0) is 56.8 Å². The summed E-state index contributed by atoms with van der Waals surface area (Å²) in [7, 11) is 3.08. The third kappa shape index (κ3) is 6.83. The van der Waals surface area contributed by atoms with Crippen LogP contribution in [0.3, 0.4) is 0 Å². The Labute approximate surface area is 326 Å². The molecular formula is C47H48O9. The Morgan fingerprint density at radius 1 is 0.750 bits per heavy atom. The van der Waals surface area contributed by atoms with E-state index in [1.54, 1.807) is 25.3 Å². The van der Waals surface area contributed by atoms with E-state index in [2.05, 4.69) is 30.3 Å². The van der Waals surface area contributed by atoms with E-state index >= 15 is 0 Å². The number of fused-ring (bicyclic) bond motifs is 7. The molecule has 1 saturated carbocycles. The van der Waals surface area contributed by atoms with Gasteiger partial charge in [-0.3, -0.25) is 9.59 Å². The van der Waals surface area contributed by atoms with Crippen LogP contribution in [0.5, 0.6) is 23.0 Å². The average Bonchev–Trinajstić information content (AvgIpc) is 3.18. The smallest absolute Gasteiger partial charge is 0.310 e. The molecule has 3 aliphatic carbocycles. The molecule has 0 heterocycles. The number of ether oxygens (including phenoxy) is 4. The number of aryl methyl sites for hydroxylation is 1. The number of aliphatic hydroxyl groups is 1. The van der Waals surface area contributed by atoms with Gasteiger partial charge in [0.05, 0.1) is 27.2 Å². The number of hydrogen-bond donors (Lipinski definition) is 3. The quantitative estimate of drug-likeness (QED) is 0.137. The highest BCUT2D eigenvalue weighted by molar-refractivity contribution is 5.83. The number of hydrogen-bond acceptors (Lipinski definition) is 9. The SMILES string of the molecule is COc1cc2c(cc1O)C[C@@]1(c3ccc4ccccc4c3)[C@H](C2)[C@H](OC(C)=O)C[C@@H](OC(=O)Cc2cccc(CO)c2)C[C@H]2c3cc(OC)c(O)cc3CC[C@@H]21. The van der Waals surface area contributed by atoms with Gasteiger partial charge in [0.1, 0.15) is 12.2 Å². The van der Waals surface area contributed by atoms with Crippen molar-refractivity contribution in [2.75, 3.05) is 14.2 Å². The highest BCUT2D eigenvalue weighted by Crippen LogP contribution is 2.60. The zero-order valence-corrected chi connectivity index (χ0v) is 32.0. The van der Waals surface area contributed by atoms with Crippen LogP contribution < -0.4 is 9.47 Å². The topological polar surface area (TPSA) is 132 Å². The maximum absolute atomic E-state index is 13.8. The molecule has 5 aromatic carbocycles. The van der Waals surface area contributed by atoms with Crippen molar-refractivity contribution in [1.82, 2.24) is 0 Å². The number of phenolic OH excluding ortho intramolecular Hbond substituents is 2. The predicted molar refractivity (Wildman–Crippen MR) is 211 cm³/mol. The monoisotopic (exact) mass is 756 g/mol. The molecule has 0 radical (unpaired) electrons. The zero-order valence-electron chi connectivity index (χ0n) is 32.0. The number of carbonyl (C=O) groups excluding carboxylic acids is 2. The van der Waals surface area contributed by atoms with Gasteiger partial charge in [-0.05, 0) is 118 Å². The summed E-state index contributed by atoms with van der Waals surface area (Å²) in [4.78, 5) is 27.0. The van der Waals surface area contributed by atoms with Gasteiger partial charge in [-0.1, -0.05) is 66.7 Å². The van der Waals surface area contributed by atoms with E-state index in [-0.39, 0.29) is 48.7 Å². The molecule has 0 aromatic heterocycles. The van der Waals surface area contributed by atoms with Crippen LogP contribution >= 0.6 is 0 Å². The van der Waals surface area contributed by atoms with Crippen LogP contribution in [0.4, 0.5) is 0 Å². The van der Waals surface area contributed by atoms with Crippen LogP contribution in [0.15, 0.2) is 91.0 Å². The van der Waals surface area contributed by atoms with Crippen LogP contribution in [0.25, 0.3) is 10.8 Å². The normalized spacial score (nSPS) is 24.0. The maximum Gasteiger partial charge on any atom is 0.310 e. The Bertz CT molecular complexity index is 2300. The fourth-order valence-corrected chi connectivity index (χ4v) is 10.4. The van der Waals surface area contributed by atoms with Crippen molar-refractivity contribution < 1.29 is 43.9 Å². The number of carbonyl (C=O) groups is 2. The fraction of sp³-hybridized carbons (Fsp3) is 0.362. The van der Waals surface area contributed by atoms with E-state index in [4.69, 9.17) is 18.9 Å². The predicted octanol–water partition coefficient (Wildman–Crippen LogP) is 7.64. The average molecular weight is 757 g/mol. The molecule has 3 aliphatic rings. The third-order valence-corrected chi connectivity index (χ3v) is 12.7. The Morgan fingerprint density at radius 3 is 2.23 bits per heavy atom. The van der Waals surface area contributed by atoms with Crippen LogP contribution in [0, 0.1) is 11.8 Å². The summed E-state index contributed by atoms with van der Waals surface area (Å²) in [6, 6.07) is 29.7. The van der Waals surface area contributed by atoms with Gasteiger partial charge < -0.3 is 34.3 Å². The first-order valence-corrected chi connectivity index (χ1v) is 19.4. The molecule has 6 atom stereocenters. The molecule has 0 unspecified atom stereocenters. The molecule has 0 saturated heterocycles. The Kier molecular flexibility index (Phi) is 10.1. The summed E-state index contributed by atoms with van der Waals surface area (Å²) in [6.45, 7) is 1.30. The number of aromatic hydroxyl groups is 2. The van der Waals surface area contributed by atoms with Crippen molar-refractivity contribution in [2.24, 2.45) is 11.8 Å². The second-order valence-electron chi connectivity index (χ2n) is 15.7. The van der Waals surface area contributed by atoms with Crippen LogP contribution in [0.2, 0.25) is 0 Å². The second-order valence-corrected chi connectivity index (χ2v) is 15.7. The molecule has 8 rings (SSSR count). The molecular weight excluding hydrogens is 709 g/mol. The largest absolute Gasteiger partial charge is 0.504 e. The summed E-state index contributed by atoms with van der Waals surface area (Å²) in [5, 5.41) is 34.0. The van der Waals surface area contributed by atoms with E-state index < -0.39 is 29.6 Å². The maximum atomic E-state index is 13.8. The summed E-state index contributed by atoms with van der Waals surface area (Å²) >= 11 is 0. The number of rotatable bonds is 8. The standard InChI is InChI=1S/C47H48O9/c1-27(49)55-43-23-36(56-46(52)16-28-7-6-8-29(15-28)26-48)22-38-37-24-45(54-3)41(50)19-32(37)12-14-39(38)47(35-13-11-30-9-4-5-10-31(30)17-35)25-34-20-42(51)44(53-2)21-33(34)18-40(43)47/h4-11,13,15,17,19-21,24,36,38-40,43,48,50-51H,12,14,16,18,22-23,25-26H2,1-3H3/t36-,38-,39-,40+,43+,47-/m0/s1. The van der Waals surface area contributed by atoms with E-state index in [1.807, 2.05) is 42.5 Å². The van der Waals surface area contributed by atoms with E-state index in [1.165, 1.54) is 14.0 Å². The number of phenols is 2. The van der Waals surface area contributed by atoms with Gasteiger partial charge in [0.15, 0.2) is 23.0 Å². The molecule has 290 valence electrons. The van der Waals surface area contributed by atoms with Crippen molar-refractivity contribution in [3.63, 3.8) is 0 Å². The molecule has 0 amide bonds. The second kappa shape index (κ2) is 15.2. The molecule has 5 aromatic rings. The first-order valence-electron chi connectivity index (χ1n) is 19.4. The highest BCUT2D eigenvalue weighted by atomic mass is 16.6. The van der Waals surface area contributed by atoms with Crippen molar-refractivity contribution in [1.29, 1.82) is 0 Å². The first-order chi connectivity index (χ1) is 27.1. The molecule has 56 heavy (non-hydrogen) atoms. The minimum Gasteiger partial charge on any atom is -0.504 e.